The van der Waals surface area contributed by atoms with Gasteiger partial charge in [-0.1, -0.05) is 17.7 Å². The third-order valence-electron chi connectivity index (χ3n) is 2.67. The first-order valence-corrected chi connectivity index (χ1v) is 6.20. The maximum absolute atomic E-state index is 13.4. The molecular weight excluding hydrogens is 300 g/mol. The minimum absolute atomic E-state index is 0.166. The molecular formula is C15H8ClF2NO2. The van der Waals surface area contributed by atoms with Crippen molar-refractivity contribution < 1.29 is 18.3 Å². The Kier molecular flexibility index (Phi) is 4.51. The minimum atomic E-state index is -0.943. The number of nitrogens with zero attached hydrogens (tertiary/aromatic N) is 1. The molecule has 0 aliphatic carbocycles. The highest BCUT2D eigenvalue weighted by atomic mass is 35.5. The molecule has 0 unspecified atom stereocenters. The van der Waals surface area contributed by atoms with Crippen molar-refractivity contribution in [3.05, 3.63) is 64.2 Å². The standard InChI is InChI=1S/C15H8ClF2NO2/c16-11-6-10(5-4-9(11)7-19)21-8-14(20)15-12(17)2-1-3-13(15)18/h1-6H,8H2. The van der Waals surface area contributed by atoms with Gasteiger partial charge in [0.15, 0.2) is 6.61 Å². The van der Waals surface area contributed by atoms with Gasteiger partial charge in [0.05, 0.1) is 16.1 Å². The van der Waals surface area contributed by atoms with Gasteiger partial charge < -0.3 is 4.74 Å². The van der Waals surface area contributed by atoms with Gasteiger partial charge in [0.25, 0.3) is 0 Å². The van der Waals surface area contributed by atoms with Crippen LogP contribution in [0.15, 0.2) is 36.4 Å². The first-order valence-electron chi connectivity index (χ1n) is 5.82. The molecule has 0 heterocycles. The topological polar surface area (TPSA) is 50.1 Å². The predicted molar refractivity (Wildman–Crippen MR) is 72.4 cm³/mol. The van der Waals surface area contributed by atoms with Gasteiger partial charge in [0.2, 0.25) is 5.78 Å². The number of hydrogen-bond acceptors (Lipinski definition) is 3. The van der Waals surface area contributed by atoms with Crippen molar-refractivity contribution in [1.82, 2.24) is 0 Å². The maximum atomic E-state index is 13.4. The highest BCUT2D eigenvalue weighted by Crippen LogP contribution is 2.22. The van der Waals surface area contributed by atoms with Crippen LogP contribution in [-0.4, -0.2) is 12.4 Å². The van der Waals surface area contributed by atoms with Crippen molar-refractivity contribution in [3.8, 4) is 11.8 Å². The molecule has 0 atom stereocenters. The van der Waals surface area contributed by atoms with Crippen LogP contribution in [-0.2, 0) is 0 Å². The van der Waals surface area contributed by atoms with Gasteiger partial charge in [-0.25, -0.2) is 8.78 Å². The monoisotopic (exact) mass is 307 g/mol. The zero-order valence-corrected chi connectivity index (χ0v) is 11.3. The molecule has 106 valence electrons. The number of nitriles is 1. The molecule has 0 amide bonds. The maximum Gasteiger partial charge on any atom is 0.206 e. The molecule has 2 rings (SSSR count). The van der Waals surface area contributed by atoms with Crippen molar-refractivity contribution in [1.29, 1.82) is 5.26 Å². The van der Waals surface area contributed by atoms with Crippen LogP contribution in [0.25, 0.3) is 0 Å². The highest BCUT2D eigenvalue weighted by Gasteiger charge is 2.17. The molecule has 0 spiro atoms. The van der Waals surface area contributed by atoms with Gasteiger partial charge in [-0.2, -0.15) is 5.26 Å². The van der Waals surface area contributed by atoms with Crippen LogP contribution < -0.4 is 4.74 Å². The molecule has 0 aliphatic heterocycles. The summed E-state index contributed by atoms with van der Waals surface area (Å²) in [7, 11) is 0. The molecule has 0 saturated heterocycles. The van der Waals surface area contributed by atoms with Gasteiger partial charge in [-0.15, -0.1) is 0 Å². The number of Topliss-reactive ketones (excluding diaryl/α,β-unsaturated/α-hetero) is 1. The molecule has 0 aromatic heterocycles. The zero-order valence-electron chi connectivity index (χ0n) is 10.6. The van der Waals surface area contributed by atoms with Gasteiger partial charge >= 0.3 is 0 Å². The molecule has 0 fully saturated rings. The summed E-state index contributed by atoms with van der Waals surface area (Å²) < 4.78 is 32.0. The number of ether oxygens (including phenoxy) is 1. The van der Waals surface area contributed by atoms with Crippen LogP contribution in [0.4, 0.5) is 8.78 Å². The van der Waals surface area contributed by atoms with Crippen molar-refractivity contribution >= 4 is 17.4 Å². The third kappa shape index (κ3) is 3.36. The summed E-state index contributed by atoms with van der Waals surface area (Å²) in [5.74, 6) is -2.49. The van der Waals surface area contributed by atoms with Crippen LogP contribution in [0.3, 0.4) is 0 Å². The van der Waals surface area contributed by atoms with Gasteiger partial charge in [0, 0.05) is 6.07 Å². The molecule has 21 heavy (non-hydrogen) atoms. The van der Waals surface area contributed by atoms with Crippen molar-refractivity contribution in [3.63, 3.8) is 0 Å². The summed E-state index contributed by atoms with van der Waals surface area (Å²) in [5, 5.41) is 8.89. The van der Waals surface area contributed by atoms with Crippen LogP contribution in [0.5, 0.6) is 5.75 Å². The van der Waals surface area contributed by atoms with E-state index in [0.717, 1.165) is 12.1 Å². The molecule has 0 saturated carbocycles. The number of hydrogen-bond donors (Lipinski definition) is 0. The summed E-state index contributed by atoms with van der Waals surface area (Å²) in [6.07, 6.45) is 0. The van der Waals surface area contributed by atoms with Crippen molar-refractivity contribution in [2.24, 2.45) is 0 Å². The Labute approximate surface area is 124 Å². The molecule has 3 nitrogen and oxygen atoms in total. The Hall–Kier alpha value is -2.45. The molecule has 0 N–H and O–H groups in total. The number of carbonyl (C=O) groups excluding carboxylic acids is 1. The van der Waals surface area contributed by atoms with E-state index in [-0.39, 0.29) is 16.3 Å². The average Bonchev–Trinajstić information content (AvgIpc) is 2.45. The number of carbonyl (C=O) groups is 1. The Bertz CT molecular complexity index is 721. The number of ketones is 1. The highest BCUT2D eigenvalue weighted by molar-refractivity contribution is 6.31. The van der Waals surface area contributed by atoms with E-state index >= 15 is 0 Å². The van der Waals surface area contributed by atoms with E-state index in [4.69, 9.17) is 21.6 Å². The van der Waals surface area contributed by atoms with Gasteiger partial charge in [-0.05, 0) is 24.3 Å². The largest absolute Gasteiger partial charge is 0.485 e. The number of benzene rings is 2. The second-order valence-electron chi connectivity index (χ2n) is 4.06. The molecule has 0 radical (unpaired) electrons. The lowest BCUT2D eigenvalue weighted by atomic mass is 10.1. The quantitative estimate of drug-likeness (QED) is 0.808. The van der Waals surface area contributed by atoms with Crippen LogP contribution in [0.1, 0.15) is 15.9 Å². The first kappa shape index (κ1) is 14.9. The van der Waals surface area contributed by atoms with Crippen molar-refractivity contribution in [2.75, 3.05) is 6.61 Å². The fourth-order valence-electron chi connectivity index (χ4n) is 1.66. The molecule has 2 aromatic rings. The summed E-state index contributed by atoms with van der Waals surface area (Å²) >= 11 is 5.80. The van der Waals surface area contributed by atoms with Crippen LogP contribution in [0.2, 0.25) is 5.02 Å². The molecule has 6 heteroatoms. The van der Waals surface area contributed by atoms with E-state index in [1.54, 1.807) is 0 Å². The van der Waals surface area contributed by atoms with Crippen LogP contribution >= 0.6 is 11.6 Å². The number of rotatable bonds is 4. The average molecular weight is 308 g/mol. The minimum Gasteiger partial charge on any atom is -0.485 e. The van der Waals surface area contributed by atoms with E-state index in [9.17, 15) is 13.6 Å². The van der Waals surface area contributed by atoms with Gasteiger partial charge in [-0.3, -0.25) is 4.79 Å². The third-order valence-corrected chi connectivity index (χ3v) is 2.99. The summed E-state index contributed by atoms with van der Waals surface area (Å²) in [6, 6.07) is 9.25. The summed E-state index contributed by atoms with van der Waals surface area (Å²) in [6.45, 7) is -0.542. The Morgan fingerprint density at radius 3 is 2.48 bits per heavy atom. The first-order chi connectivity index (χ1) is 10.0. The fraction of sp³-hybridized carbons (Fsp3) is 0.0667. The lowest BCUT2D eigenvalue weighted by Gasteiger charge is -2.07. The Morgan fingerprint density at radius 1 is 1.24 bits per heavy atom. The molecule has 0 bridgehead atoms. The fourth-order valence-corrected chi connectivity index (χ4v) is 1.87. The number of halogens is 3. The van der Waals surface area contributed by atoms with Crippen molar-refractivity contribution in [2.45, 2.75) is 0 Å². The zero-order chi connectivity index (χ0) is 15.4. The lowest BCUT2D eigenvalue weighted by molar-refractivity contribution is 0.0913. The second-order valence-corrected chi connectivity index (χ2v) is 4.47. The Morgan fingerprint density at radius 2 is 1.90 bits per heavy atom. The van der Waals surface area contributed by atoms with E-state index in [0.29, 0.717) is 0 Å². The summed E-state index contributed by atoms with van der Waals surface area (Å²) in [4.78, 5) is 11.8. The van der Waals surface area contributed by atoms with E-state index in [1.807, 2.05) is 6.07 Å². The smallest absolute Gasteiger partial charge is 0.206 e. The predicted octanol–water partition coefficient (Wildman–Crippen LogP) is 3.75. The van der Waals surface area contributed by atoms with E-state index < -0.39 is 29.6 Å². The van der Waals surface area contributed by atoms with Gasteiger partial charge in [0.1, 0.15) is 23.5 Å². The molecule has 0 aliphatic rings. The van der Waals surface area contributed by atoms with E-state index in [2.05, 4.69) is 0 Å². The lowest BCUT2D eigenvalue weighted by Crippen LogP contribution is -2.15. The SMILES string of the molecule is N#Cc1ccc(OCC(=O)c2c(F)cccc2F)cc1Cl. The van der Waals surface area contributed by atoms with Crippen LogP contribution in [0, 0.1) is 23.0 Å². The van der Waals surface area contributed by atoms with E-state index in [1.165, 1.54) is 24.3 Å². The Balaban J connectivity index is 2.12. The molecule has 2 aromatic carbocycles. The summed E-state index contributed by atoms with van der Waals surface area (Å²) in [5.41, 5.74) is -0.382. The normalized spacial score (nSPS) is 10.0. The second kappa shape index (κ2) is 6.33.